The number of carbonyl (C=O) groups is 2. The predicted octanol–water partition coefficient (Wildman–Crippen LogP) is 7.64. The highest BCUT2D eigenvalue weighted by Gasteiger charge is 2.21. The van der Waals surface area contributed by atoms with Crippen molar-refractivity contribution in [3.05, 3.63) is 12.2 Å². The third-order valence-electron chi connectivity index (χ3n) is 6.19. The fourth-order valence-corrected chi connectivity index (χ4v) is 4.44. The maximum Gasteiger partial charge on any atom is 0.253 e. The number of amides is 2. The molecule has 1 aliphatic heterocycles. The molecule has 30 heavy (non-hydrogen) atoms. The van der Waals surface area contributed by atoms with Gasteiger partial charge in [0.2, 0.25) is 0 Å². The third-order valence-corrected chi connectivity index (χ3v) is 6.51. The van der Waals surface area contributed by atoms with E-state index in [1.165, 1.54) is 133 Å². The van der Waals surface area contributed by atoms with Gasteiger partial charge in [-0.15, -0.1) is 0 Å². The van der Waals surface area contributed by atoms with Gasteiger partial charge in [0.05, 0.1) is 0 Å². The summed E-state index contributed by atoms with van der Waals surface area (Å²) in [6.45, 7) is 0.585. The first-order chi connectivity index (χ1) is 14.8. The summed E-state index contributed by atoms with van der Waals surface area (Å²) in [6.07, 6.45) is 29.7. The van der Waals surface area contributed by atoms with Crippen LogP contribution in [0.1, 0.15) is 128 Å². The van der Waals surface area contributed by atoms with E-state index in [2.05, 4.69) is 12.6 Å². The van der Waals surface area contributed by atoms with Crippen molar-refractivity contribution in [2.75, 3.05) is 12.3 Å². The Balaban J connectivity index is 1.68. The summed E-state index contributed by atoms with van der Waals surface area (Å²) in [4.78, 5) is 24.2. The number of imide groups is 1. The molecule has 1 aliphatic rings. The standard InChI is InChI=1S/C26H47NO2S/c28-25-21-22-26(29)27(25)23-19-17-15-13-11-9-7-5-3-1-2-4-6-8-10-12-14-16-18-20-24-30/h21-22,30H,1-20,23-24H2. The van der Waals surface area contributed by atoms with E-state index >= 15 is 0 Å². The molecule has 0 atom stereocenters. The van der Waals surface area contributed by atoms with Crippen molar-refractivity contribution in [2.45, 2.75) is 128 Å². The Bertz CT molecular complexity index is 446. The summed E-state index contributed by atoms with van der Waals surface area (Å²) in [6, 6.07) is 0. The molecular formula is C26H47NO2S. The van der Waals surface area contributed by atoms with Gasteiger partial charge in [0.15, 0.2) is 0 Å². The second-order valence-corrected chi connectivity index (χ2v) is 9.40. The van der Waals surface area contributed by atoms with Crippen molar-refractivity contribution in [2.24, 2.45) is 0 Å². The van der Waals surface area contributed by atoms with Crippen LogP contribution in [-0.4, -0.2) is 29.0 Å². The Hall–Kier alpha value is -0.770. The quantitative estimate of drug-likeness (QED) is 0.107. The van der Waals surface area contributed by atoms with Crippen LogP contribution in [-0.2, 0) is 9.59 Å². The molecule has 1 rings (SSSR count). The van der Waals surface area contributed by atoms with E-state index in [1.54, 1.807) is 0 Å². The van der Waals surface area contributed by atoms with E-state index in [1.807, 2.05) is 0 Å². The van der Waals surface area contributed by atoms with Gasteiger partial charge in [0.25, 0.3) is 11.8 Å². The smallest absolute Gasteiger partial charge is 0.253 e. The minimum Gasteiger partial charge on any atom is -0.275 e. The van der Waals surface area contributed by atoms with Crippen molar-refractivity contribution >= 4 is 24.4 Å². The Labute approximate surface area is 191 Å². The van der Waals surface area contributed by atoms with Crippen molar-refractivity contribution in [3.8, 4) is 0 Å². The monoisotopic (exact) mass is 437 g/mol. The zero-order valence-corrected chi connectivity index (χ0v) is 20.3. The maximum atomic E-state index is 11.4. The molecule has 0 radical (unpaired) electrons. The van der Waals surface area contributed by atoms with Gasteiger partial charge >= 0.3 is 0 Å². The summed E-state index contributed by atoms with van der Waals surface area (Å²) in [5, 5.41) is 0. The van der Waals surface area contributed by atoms with Gasteiger partial charge in [-0.3, -0.25) is 14.5 Å². The van der Waals surface area contributed by atoms with Gasteiger partial charge in [-0.2, -0.15) is 12.6 Å². The molecule has 0 aromatic carbocycles. The molecule has 0 saturated heterocycles. The van der Waals surface area contributed by atoms with E-state index in [0.29, 0.717) is 6.54 Å². The maximum absolute atomic E-state index is 11.4. The molecule has 0 aliphatic carbocycles. The molecule has 0 saturated carbocycles. The highest BCUT2D eigenvalue weighted by atomic mass is 32.1. The predicted molar refractivity (Wildman–Crippen MR) is 132 cm³/mol. The van der Waals surface area contributed by atoms with Gasteiger partial charge in [-0.1, -0.05) is 116 Å². The number of unbranched alkanes of at least 4 members (excludes halogenated alkanes) is 19. The van der Waals surface area contributed by atoms with Crippen LogP contribution in [0.15, 0.2) is 12.2 Å². The van der Waals surface area contributed by atoms with Crippen molar-refractivity contribution < 1.29 is 9.59 Å². The molecule has 3 nitrogen and oxygen atoms in total. The molecule has 1 heterocycles. The van der Waals surface area contributed by atoms with Crippen LogP contribution in [0.25, 0.3) is 0 Å². The molecule has 0 unspecified atom stereocenters. The fourth-order valence-electron chi connectivity index (χ4n) is 4.22. The Morgan fingerprint density at radius 3 is 1.03 bits per heavy atom. The molecular weight excluding hydrogens is 390 g/mol. The fraction of sp³-hybridized carbons (Fsp3) is 0.846. The van der Waals surface area contributed by atoms with Gasteiger partial charge in [0, 0.05) is 18.7 Å². The summed E-state index contributed by atoms with van der Waals surface area (Å²) >= 11 is 4.26. The van der Waals surface area contributed by atoms with Crippen LogP contribution < -0.4 is 0 Å². The summed E-state index contributed by atoms with van der Waals surface area (Å²) < 4.78 is 0. The minimum atomic E-state index is -0.147. The molecule has 0 fully saturated rings. The molecule has 0 aromatic heterocycles. The number of nitrogens with zero attached hydrogens (tertiary/aromatic N) is 1. The molecule has 2 amide bonds. The first-order valence-electron chi connectivity index (χ1n) is 12.9. The second kappa shape index (κ2) is 20.2. The van der Waals surface area contributed by atoms with E-state index in [-0.39, 0.29) is 11.8 Å². The van der Waals surface area contributed by atoms with Crippen LogP contribution in [0.3, 0.4) is 0 Å². The highest BCUT2D eigenvalue weighted by Crippen LogP contribution is 2.15. The summed E-state index contributed by atoms with van der Waals surface area (Å²) in [5.74, 6) is 0.754. The summed E-state index contributed by atoms with van der Waals surface area (Å²) in [5.41, 5.74) is 0. The van der Waals surface area contributed by atoms with Crippen molar-refractivity contribution in [3.63, 3.8) is 0 Å². The zero-order valence-electron chi connectivity index (χ0n) is 19.4. The van der Waals surface area contributed by atoms with Crippen LogP contribution in [0.4, 0.5) is 0 Å². The average Bonchev–Trinajstić information content (AvgIpc) is 3.06. The number of hydrogen-bond acceptors (Lipinski definition) is 3. The van der Waals surface area contributed by atoms with Crippen molar-refractivity contribution in [1.29, 1.82) is 0 Å². The molecule has 0 aromatic rings. The first-order valence-corrected chi connectivity index (χ1v) is 13.5. The number of carbonyl (C=O) groups excluding carboxylic acids is 2. The largest absolute Gasteiger partial charge is 0.275 e. The molecule has 0 bridgehead atoms. The highest BCUT2D eigenvalue weighted by molar-refractivity contribution is 7.80. The zero-order chi connectivity index (χ0) is 21.7. The van der Waals surface area contributed by atoms with Crippen molar-refractivity contribution in [1.82, 2.24) is 4.90 Å². The lowest BCUT2D eigenvalue weighted by Crippen LogP contribution is -2.30. The Morgan fingerprint density at radius 1 is 0.467 bits per heavy atom. The molecule has 4 heteroatoms. The number of hydrogen-bond donors (Lipinski definition) is 1. The lowest BCUT2D eigenvalue weighted by atomic mass is 10.0. The van der Waals surface area contributed by atoms with E-state index in [4.69, 9.17) is 0 Å². The van der Waals surface area contributed by atoms with Crippen LogP contribution >= 0.6 is 12.6 Å². The van der Waals surface area contributed by atoms with E-state index in [9.17, 15) is 9.59 Å². The summed E-state index contributed by atoms with van der Waals surface area (Å²) in [7, 11) is 0. The molecule has 0 N–H and O–H groups in total. The van der Waals surface area contributed by atoms with E-state index in [0.717, 1.165) is 18.6 Å². The van der Waals surface area contributed by atoms with E-state index < -0.39 is 0 Å². The third kappa shape index (κ3) is 15.1. The molecule has 174 valence electrons. The van der Waals surface area contributed by atoms with Crippen LogP contribution in [0, 0.1) is 0 Å². The lowest BCUT2D eigenvalue weighted by Gasteiger charge is -2.12. The Kier molecular flexibility index (Phi) is 18.3. The van der Waals surface area contributed by atoms with Crippen LogP contribution in [0.2, 0.25) is 0 Å². The lowest BCUT2D eigenvalue weighted by molar-refractivity contribution is -0.136. The normalized spacial score (nSPS) is 13.7. The first kappa shape index (κ1) is 27.3. The SMILES string of the molecule is O=C1C=CC(=O)N1CCCCCCCCCCCCCCCCCCCCCCS. The second-order valence-electron chi connectivity index (χ2n) is 8.96. The average molecular weight is 438 g/mol. The minimum absolute atomic E-state index is 0.147. The van der Waals surface area contributed by atoms with Gasteiger partial charge < -0.3 is 0 Å². The van der Waals surface area contributed by atoms with Gasteiger partial charge in [0.1, 0.15) is 0 Å². The number of thiol groups is 1. The van der Waals surface area contributed by atoms with Gasteiger partial charge in [-0.25, -0.2) is 0 Å². The topological polar surface area (TPSA) is 37.4 Å². The van der Waals surface area contributed by atoms with Gasteiger partial charge in [-0.05, 0) is 18.6 Å². The van der Waals surface area contributed by atoms with Crippen LogP contribution in [0.5, 0.6) is 0 Å². The number of rotatable bonds is 22. The Morgan fingerprint density at radius 2 is 0.733 bits per heavy atom. The molecule has 0 spiro atoms.